The molecule has 3 aliphatic rings. The highest BCUT2D eigenvalue weighted by Crippen LogP contribution is 2.37. The van der Waals surface area contributed by atoms with Gasteiger partial charge in [-0.3, -0.25) is 4.99 Å². The van der Waals surface area contributed by atoms with Crippen LogP contribution in [0.5, 0.6) is 0 Å². The van der Waals surface area contributed by atoms with Gasteiger partial charge in [-0.25, -0.2) is 0 Å². The minimum Gasteiger partial charge on any atom is -0.393 e. The first-order valence-electron chi connectivity index (χ1n) is 9.51. The van der Waals surface area contributed by atoms with Crippen LogP contribution in [0.2, 0.25) is 0 Å². The van der Waals surface area contributed by atoms with E-state index in [2.05, 4.69) is 17.1 Å². The lowest BCUT2D eigenvalue weighted by Crippen LogP contribution is -2.53. The number of aliphatic hydroxyl groups is 1. The van der Waals surface area contributed by atoms with Crippen LogP contribution in [0, 0.1) is 11.3 Å². The van der Waals surface area contributed by atoms with Gasteiger partial charge in [0.1, 0.15) is 0 Å². The van der Waals surface area contributed by atoms with Crippen molar-refractivity contribution in [2.45, 2.75) is 58.0 Å². The molecule has 5 nitrogen and oxygen atoms in total. The van der Waals surface area contributed by atoms with Crippen LogP contribution in [0.15, 0.2) is 4.99 Å². The number of piperidine rings is 1. The first-order valence-corrected chi connectivity index (χ1v) is 9.51. The standard InChI is InChI=1S/C18H33N3O2.HI/c1-2-19-17(20-12-15-6-3-7-16(15)22)21-10-4-8-18(13-21)9-5-11-23-14-18;/h15-16,22H,2-14H2,1H3,(H,19,20);1H. The second kappa shape index (κ2) is 9.57. The molecule has 6 heteroatoms. The molecule has 0 aromatic rings. The van der Waals surface area contributed by atoms with Crippen LogP contribution in [0.1, 0.15) is 51.9 Å². The minimum atomic E-state index is -0.152. The van der Waals surface area contributed by atoms with E-state index < -0.39 is 0 Å². The lowest BCUT2D eigenvalue weighted by molar-refractivity contribution is -0.0370. The molecule has 0 aromatic heterocycles. The number of hydrogen-bond donors (Lipinski definition) is 2. The van der Waals surface area contributed by atoms with Crippen molar-refractivity contribution in [3.8, 4) is 0 Å². The number of rotatable bonds is 3. The number of guanidine groups is 1. The van der Waals surface area contributed by atoms with Crippen molar-refractivity contribution in [3.05, 3.63) is 0 Å². The average molecular weight is 451 g/mol. The molecule has 0 radical (unpaired) electrons. The molecule has 0 aromatic carbocycles. The predicted molar refractivity (Wildman–Crippen MR) is 108 cm³/mol. The summed E-state index contributed by atoms with van der Waals surface area (Å²) >= 11 is 0. The summed E-state index contributed by atoms with van der Waals surface area (Å²) in [4.78, 5) is 7.31. The Kier molecular flexibility index (Phi) is 8.07. The van der Waals surface area contributed by atoms with Crippen molar-refractivity contribution >= 4 is 29.9 Å². The molecule has 1 aliphatic carbocycles. The molecule has 0 amide bonds. The van der Waals surface area contributed by atoms with Gasteiger partial charge < -0.3 is 20.1 Å². The van der Waals surface area contributed by atoms with Crippen molar-refractivity contribution in [2.24, 2.45) is 16.3 Å². The third-order valence-electron chi connectivity index (χ3n) is 5.79. The summed E-state index contributed by atoms with van der Waals surface area (Å²) in [6, 6.07) is 0. The quantitative estimate of drug-likeness (QED) is 0.394. The van der Waals surface area contributed by atoms with E-state index >= 15 is 0 Å². The third-order valence-corrected chi connectivity index (χ3v) is 5.79. The highest BCUT2D eigenvalue weighted by atomic mass is 127. The summed E-state index contributed by atoms with van der Waals surface area (Å²) < 4.78 is 5.79. The molecule has 1 spiro atoms. The fraction of sp³-hybridized carbons (Fsp3) is 0.944. The molecular formula is C18H34IN3O2. The molecule has 24 heavy (non-hydrogen) atoms. The van der Waals surface area contributed by atoms with E-state index in [-0.39, 0.29) is 30.1 Å². The molecule has 140 valence electrons. The van der Waals surface area contributed by atoms with Crippen LogP contribution < -0.4 is 5.32 Å². The number of aliphatic hydroxyl groups excluding tert-OH is 1. The second-order valence-corrected chi connectivity index (χ2v) is 7.63. The third kappa shape index (κ3) is 4.97. The van der Waals surface area contributed by atoms with Gasteiger partial charge in [0.05, 0.1) is 12.7 Å². The normalized spacial score (nSPS) is 34.2. The van der Waals surface area contributed by atoms with Crippen LogP contribution in [0.3, 0.4) is 0 Å². The predicted octanol–water partition coefficient (Wildman–Crippen LogP) is 2.62. The summed E-state index contributed by atoms with van der Waals surface area (Å²) in [5, 5.41) is 13.5. The van der Waals surface area contributed by atoms with E-state index in [1.807, 2.05) is 0 Å². The molecule has 1 saturated carbocycles. The number of nitrogens with zero attached hydrogens (tertiary/aromatic N) is 2. The fourth-order valence-corrected chi connectivity index (χ4v) is 4.48. The SMILES string of the molecule is CCNC(=NCC1CCCC1O)N1CCCC2(CCCOC2)C1.I. The van der Waals surface area contributed by atoms with Gasteiger partial charge in [-0.2, -0.15) is 0 Å². The van der Waals surface area contributed by atoms with Gasteiger partial charge in [0.25, 0.3) is 0 Å². The van der Waals surface area contributed by atoms with Crippen LogP contribution in [0.4, 0.5) is 0 Å². The molecule has 3 rings (SSSR count). The van der Waals surface area contributed by atoms with E-state index in [0.29, 0.717) is 11.3 Å². The topological polar surface area (TPSA) is 57.1 Å². The molecule has 3 fully saturated rings. The van der Waals surface area contributed by atoms with Gasteiger partial charge in [0.2, 0.25) is 0 Å². The van der Waals surface area contributed by atoms with Crippen LogP contribution >= 0.6 is 24.0 Å². The molecule has 0 bridgehead atoms. The van der Waals surface area contributed by atoms with Crippen LogP contribution in [0.25, 0.3) is 0 Å². The monoisotopic (exact) mass is 451 g/mol. The summed E-state index contributed by atoms with van der Waals surface area (Å²) in [6.45, 7) is 7.76. The van der Waals surface area contributed by atoms with Gasteiger partial charge in [-0.15, -0.1) is 24.0 Å². The highest BCUT2D eigenvalue weighted by molar-refractivity contribution is 14.0. The van der Waals surface area contributed by atoms with E-state index in [9.17, 15) is 5.11 Å². The second-order valence-electron chi connectivity index (χ2n) is 7.63. The van der Waals surface area contributed by atoms with Crippen LogP contribution in [-0.2, 0) is 4.74 Å². The Morgan fingerprint density at radius 3 is 2.79 bits per heavy atom. The first-order chi connectivity index (χ1) is 11.2. The Bertz CT molecular complexity index is 408. The Morgan fingerprint density at radius 2 is 2.12 bits per heavy atom. The lowest BCUT2D eigenvalue weighted by Gasteiger charge is -2.45. The van der Waals surface area contributed by atoms with Crippen molar-refractivity contribution < 1.29 is 9.84 Å². The minimum absolute atomic E-state index is 0. The Labute approximate surface area is 163 Å². The van der Waals surface area contributed by atoms with Gasteiger partial charge in [-0.05, 0) is 45.4 Å². The number of likely N-dealkylation sites (tertiary alicyclic amines) is 1. The van der Waals surface area contributed by atoms with Crippen molar-refractivity contribution in [2.75, 3.05) is 39.4 Å². The number of aliphatic imine (C=N–C) groups is 1. The Hall–Kier alpha value is -0.0800. The molecule has 2 heterocycles. The number of hydrogen-bond acceptors (Lipinski definition) is 3. The van der Waals surface area contributed by atoms with Crippen molar-refractivity contribution in [1.29, 1.82) is 0 Å². The molecule has 2 N–H and O–H groups in total. The smallest absolute Gasteiger partial charge is 0.193 e. The first kappa shape index (κ1) is 20.2. The van der Waals surface area contributed by atoms with E-state index in [4.69, 9.17) is 9.73 Å². The van der Waals surface area contributed by atoms with Crippen molar-refractivity contribution in [1.82, 2.24) is 10.2 Å². The molecule has 2 aliphatic heterocycles. The average Bonchev–Trinajstić information content (AvgIpc) is 2.97. The zero-order valence-electron chi connectivity index (χ0n) is 15.0. The van der Waals surface area contributed by atoms with E-state index in [1.165, 1.54) is 25.7 Å². The number of halogens is 1. The maximum absolute atomic E-state index is 10.0. The fourth-order valence-electron chi connectivity index (χ4n) is 4.48. The number of nitrogens with one attached hydrogen (secondary N) is 1. The van der Waals surface area contributed by atoms with Gasteiger partial charge in [-0.1, -0.05) is 6.42 Å². The zero-order chi connectivity index (χ0) is 16.1. The molecule has 2 saturated heterocycles. The summed E-state index contributed by atoms with van der Waals surface area (Å²) in [5.41, 5.74) is 0.333. The van der Waals surface area contributed by atoms with Crippen LogP contribution in [-0.4, -0.2) is 61.5 Å². The summed E-state index contributed by atoms with van der Waals surface area (Å²) in [6.07, 6.45) is 8.02. The van der Waals surface area contributed by atoms with E-state index in [1.54, 1.807) is 0 Å². The Balaban J connectivity index is 0.00000208. The lowest BCUT2D eigenvalue weighted by atomic mass is 9.76. The summed E-state index contributed by atoms with van der Waals surface area (Å²) in [5.74, 6) is 1.39. The Morgan fingerprint density at radius 1 is 1.29 bits per heavy atom. The maximum Gasteiger partial charge on any atom is 0.193 e. The number of ether oxygens (including phenoxy) is 1. The van der Waals surface area contributed by atoms with Gasteiger partial charge in [0.15, 0.2) is 5.96 Å². The van der Waals surface area contributed by atoms with E-state index in [0.717, 1.165) is 64.6 Å². The van der Waals surface area contributed by atoms with Gasteiger partial charge in [0, 0.05) is 44.1 Å². The highest BCUT2D eigenvalue weighted by Gasteiger charge is 2.38. The zero-order valence-corrected chi connectivity index (χ0v) is 17.3. The molecule has 3 atom stereocenters. The molecular weight excluding hydrogens is 417 g/mol. The van der Waals surface area contributed by atoms with Crippen molar-refractivity contribution in [3.63, 3.8) is 0 Å². The maximum atomic E-state index is 10.0. The van der Waals surface area contributed by atoms with Gasteiger partial charge >= 0.3 is 0 Å². The summed E-state index contributed by atoms with van der Waals surface area (Å²) in [7, 11) is 0. The molecule has 3 unspecified atom stereocenters. The largest absolute Gasteiger partial charge is 0.393 e.